The average Bonchev–Trinajstić information content (AvgIpc) is 2.34. The molecule has 0 aliphatic carbocycles. The number of hydrogen-bond acceptors (Lipinski definition) is 1. The highest BCUT2D eigenvalue weighted by molar-refractivity contribution is 14.1. The molecule has 0 atom stereocenters. The first-order valence-corrected chi connectivity index (χ1v) is 4.65. The molecule has 0 fully saturated rings. The van der Waals surface area contributed by atoms with Crippen LogP contribution in [-0.2, 0) is 13.0 Å². The van der Waals surface area contributed by atoms with Gasteiger partial charge in [0.05, 0.1) is 12.0 Å². The summed E-state index contributed by atoms with van der Waals surface area (Å²) in [6, 6.07) is 0. The minimum atomic E-state index is 1.17. The van der Waals surface area contributed by atoms with Gasteiger partial charge in [-0.05, 0) is 41.9 Å². The molecule has 2 nitrogen and oxygen atoms in total. The highest BCUT2D eigenvalue weighted by Crippen LogP contribution is 2.18. The SMILES string of the molecule is Ic1ncn2c1CCCC2. The zero-order valence-electron chi connectivity index (χ0n) is 5.68. The molecule has 0 N–H and O–H groups in total. The van der Waals surface area contributed by atoms with Gasteiger partial charge in [0.25, 0.3) is 0 Å². The summed E-state index contributed by atoms with van der Waals surface area (Å²) in [4.78, 5) is 4.25. The van der Waals surface area contributed by atoms with Crippen LogP contribution in [0.4, 0.5) is 0 Å². The van der Waals surface area contributed by atoms with E-state index in [1.165, 1.54) is 35.2 Å². The second-order valence-electron chi connectivity index (χ2n) is 2.63. The number of aromatic nitrogens is 2. The number of imidazole rings is 1. The third kappa shape index (κ3) is 0.962. The maximum atomic E-state index is 4.25. The van der Waals surface area contributed by atoms with E-state index in [4.69, 9.17) is 0 Å². The second kappa shape index (κ2) is 2.53. The highest BCUT2D eigenvalue weighted by Gasteiger charge is 2.11. The van der Waals surface area contributed by atoms with Crippen molar-refractivity contribution < 1.29 is 0 Å². The van der Waals surface area contributed by atoms with Crippen LogP contribution in [0, 0.1) is 3.70 Å². The Morgan fingerprint density at radius 3 is 3.20 bits per heavy atom. The number of aryl methyl sites for hydroxylation is 1. The summed E-state index contributed by atoms with van der Waals surface area (Å²) < 4.78 is 3.46. The average molecular weight is 248 g/mol. The van der Waals surface area contributed by atoms with Crippen molar-refractivity contribution >= 4 is 22.6 Å². The molecule has 0 unspecified atom stereocenters. The van der Waals surface area contributed by atoms with Gasteiger partial charge in [-0.2, -0.15) is 0 Å². The fraction of sp³-hybridized carbons (Fsp3) is 0.571. The number of halogens is 1. The summed E-state index contributed by atoms with van der Waals surface area (Å²) in [7, 11) is 0. The highest BCUT2D eigenvalue weighted by atomic mass is 127. The molecule has 3 heteroatoms. The molecular formula is C7H9IN2. The summed E-state index contributed by atoms with van der Waals surface area (Å²) in [5, 5.41) is 0. The zero-order valence-corrected chi connectivity index (χ0v) is 7.84. The van der Waals surface area contributed by atoms with E-state index in [2.05, 4.69) is 32.1 Å². The number of nitrogens with zero attached hydrogens (tertiary/aromatic N) is 2. The smallest absolute Gasteiger partial charge is 0.122 e. The fourth-order valence-electron chi connectivity index (χ4n) is 1.40. The van der Waals surface area contributed by atoms with Crippen molar-refractivity contribution in [2.75, 3.05) is 0 Å². The molecule has 1 aromatic rings. The Kier molecular flexibility index (Phi) is 1.68. The van der Waals surface area contributed by atoms with Crippen LogP contribution in [0.1, 0.15) is 18.5 Å². The van der Waals surface area contributed by atoms with Crippen LogP contribution in [-0.4, -0.2) is 9.55 Å². The van der Waals surface area contributed by atoms with Crippen molar-refractivity contribution in [1.29, 1.82) is 0 Å². The summed E-state index contributed by atoms with van der Waals surface area (Å²) >= 11 is 2.31. The first kappa shape index (κ1) is 6.64. The van der Waals surface area contributed by atoms with Gasteiger partial charge in [-0.15, -0.1) is 0 Å². The van der Waals surface area contributed by atoms with Gasteiger partial charge in [0.15, 0.2) is 0 Å². The van der Waals surface area contributed by atoms with Crippen molar-refractivity contribution in [2.45, 2.75) is 25.8 Å². The molecule has 2 rings (SSSR count). The van der Waals surface area contributed by atoms with Crippen molar-refractivity contribution in [2.24, 2.45) is 0 Å². The maximum Gasteiger partial charge on any atom is 0.122 e. The van der Waals surface area contributed by atoms with Crippen molar-refractivity contribution in [3.63, 3.8) is 0 Å². The summed E-state index contributed by atoms with van der Waals surface area (Å²) in [5.41, 5.74) is 1.44. The molecule has 0 spiro atoms. The number of fused-ring (bicyclic) bond motifs is 1. The monoisotopic (exact) mass is 248 g/mol. The molecule has 0 saturated heterocycles. The van der Waals surface area contributed by atoms with Crippen LogP contribution < -0.4 is 0 Å². The maximum absolute atomic E-state index is 4.25. The van der Waals surface area contributed by atoms with Gasteiger partial charge in [-0.1, -0.05) is 0 Å². The molecule has 0 aromatic carbocycles. The van der Waals surface area contributed by atoms with Gasteiger partial charge in [-0.3, -0.25) is 0 Å². The Bertz CT molecular complexity index is 242. The minimum absolute atomic E-state index is 1.17. The Labute approximate surface area is 73.8 Å². The molecule has 1 aliphatic heterocycles. The van der Waals surface area contributed by atoms with Crippen LogP contribution in [0.15, 0.2) is 6.33 Å². The lowest BCUT2D eigenvalue weighted by molar-refractivity contribution is 0.530. The Balaban J connectivity index is 2.45. The van der Waals surface area contributed by atoms with Crippen LogP contribution in [0.3, 0.4) is 0 Å². The van der Waals surface area contributed by atoms with E-state index in [0.29, 0.717) is 0 Å². The quantitative estimate of drug-likeness (QED) is 0.640. The van der Waals surface area contributed by atoms with E-state index in [-0.39, 0.29) is 0 Å². The molecule has 0 amide bonds. The zero-order chi connectivity index (χ0) is 6.97. The van der Waals surface area contributed by atoms with E-state index in [0.717, 1.165) is 0 Å². The Morgan fingerprint density at radius 2 is 2.40 bits per heavy atom. The van der Waals surface area contributed by atoms with Gasteiger partial charge in [0, 0.05) is 6.54 Å². The van der Waals surface area contributed by atoms with Gasteiger partial charge in [0.2, 0.25) is 0 Å². The minimum Gasteiger partial charge on any atom is -0.334 e. The number of rotatable bonds is 0. The van der Waals surface area contributed by atoms with Gasteiger partial charge in [0.1, 0.15) is 3.70 Å². The van der Waals surface area contributed by atoms with Crippen LogP contribution in [0.25, 0.3) is 0 Å². The lowest BCUT2D eigenvalue weighted by atomic mass is 10.1. The molecule has 1 aromatic heterocycles. The molecule has 54 valence electrons. The van der Waals surface area contributed by atoms with Crippen LogP contribution in [0.2, 0.25) is 0 Å². The van der Waals surface area contributed by atoms with E-state index in [1.54, 1.807) is 0 Å². The second-order valence-corrected chi connectivity index (χ2v) is 3.65. The van der Waals surface area contributed by atoms with Crippen LogP contribution in [0.5, 0.6) is 0 Å². The van der Waals surface area contributed by atoms with E-state index in [9.17, 15) is 0 Å². The molecule has 0 saturated carbocycles. The molecular weight excluding hydrogens is 239 g/mol. The van der Waals surface area contributed by atoms with Gasteiger partial charge < -0.3 is 4.57 Å². The van der Waals surface area contributed by atoms with E-state index < -0.39 is 0 Å². The lowest BCUT2D eigenvalue weighted by Gasteiger charge is -2.13. The Hall–Kier alpha value is -0.0600. The fourth-order valence-corrected chi connectivity index (χ4v) is 2.10. The molecule has 1 aliphatic rings. The molecule has 10 heavy (non-hydrogen) atoms. The summed E-state index contributed by atoms with van der Waals surface area (Å²) in [6.45, 7) is 1.17. The predicted octanol–water partition coefficient (Wildman–Crippen LogP) is 1.82. The molecule has 2 heterocycles. The topological polar surface area (TPSA) is 17.8 Å². The summed E-state index contributed by atoms with van der Waals surface area (Å²) in [5.74, 6) is 0. The first-order chi connectivity index (χ1) is 4.88. The van der Waals surface area contributed by atoms with E-state index in [1.807, 2.05) is 6.33 Å². The third-order valence-corrected chi connectivity index (χ3v) is 2.86. The van der Waals surface area contributed by atoms with Crippen LogP contribution >= 0.6 is 22.6 Å². The third-order valence-electron chi connectivity index (χ3n) is 1.96. The van der Waals surface area contributed by atoms with E-state index >= 15 is 0 Å². The molecule has 0 bridgehead atoms. The number of hydrogen-bond donors (Lipinski definition) is 0. The van der Waals surface area contributed by atoms with Gasteiger partial charge in [-0.25, -0.2) is 4.98 Å². The lowest BCUT2D eigenvalue weighted by Crippen LogP contribution is -2.09. The van der Waals surface area contributed by atoms with Crippen molar-refractivity contribution in [3.8, 4) is 0 Å². The van der Waals surface area contributed by atoms with Gasteiger partial charge >= 0.3 is 0 Å². The predicted molar refractivity (Wildman–Crippen MR) is 47.9 cm³/mol. The molecule has 0 radical (unpaired) electrons. The first-order valence-electron chi connectivity index (χ1n) is 3.57. The normalized spacial score (nSPS) is 16.9. The standard InChI is InChI=1S/C7H9IN2/c8-7-6-3-1-2-4-10(6)5-9-7/h5H,1-4H2. The largest absolute Gasteiger partial charge is 0.334 e. The van der Waals surface area contributed by atoms with Crippen molar-refractivity contribution in [1.82, 2.24) is 9.55 Å². The summed E-state index contributed by atoms with van der Waals surface area (Å²) in [6.07, 6.45) is 5.83. The van der Waals surface area contributed by atoms with Crippen molar-refractivity contribution in [3.05, 3.63) is 15.7 Å². The Morgan fingerprint density at radius 1 is 1.50 bits per heavy atom.